The smallest absolute Gasteiger partial charge is 0.309 e. The molecule has 1 amide bonds. The van der Waals surface area contributed by atoms with E-state index in [1.54, 1.807) is 29.2 Å². The maximum absolute atomic E-state index is 12.1. The van der Waals surface area contributed by atoms with E-state index in [0.717, 1.165) is 5.56 Å². The minimum Gasteiger partial charge on any atom is -0.481 e. The summed E-state index contributed by atoms with van der Waals surface area (Å²) in [5, 5.41) is 18.2. The minimum absolute atomic E-state index is 0.0344. The van der Waals surface area contributed by atoms with E-state index in [9.17, 15) is 14.7 Å². The molecular formula is C16H18N2O3. The van der Waals surface area contributed by atoms with Crippen LogP contribution in [0.1, 0.15) is 37.4 Å². The van der Waals surface area contributed by atoms with Crippen molar-refractivity contribution < 1.29 is 14.7 Å². The highest BCUT2D eigenvalue weighted by molar-refractivity contribution is 5.87. The molecule has 2 unspecified atom stereocenters. The number of hydrogen-bond donors (Lipinski definition) is 1. The Balaban J connectivity index is 2.38. The summed E-state index contributed by atoms with van der Waals surface area (Å²) in [7, 11) is 0. The molecule has 110 valence electrons. The molecule has 1 N–H and O–H groups in total. The fourth-order valence-electron chi connectivity index (χ4n) is 2.79. The zero-order chi connectivity index (χ0) is 15.6. The quantitative estimate of drug-likeness (QED) is 0.919. The van der Waals surface area contributed by atoms with Crippen LogP contribution in [0.15, 0.2) is 24.3 Å². The summed E-state index contributed by atoms with van der Waals surface area (Å²) in [6.45, 7) is 4.53. The third kappa shape index (κ3) is 3.05. The van der Waals surface area contributed by atoms with Gasteiger partial charge >= 0.3 is 5.97 Å². The molecule has 21 heavy (non-hydrogen) atoms. The average molecular weight is 286 g/mol. The van der Waals surface area contributed by atoms with E-state index in [-0.39, 0.29) is 18.2 Å². The van der Waals surface area contributed by atoms with E-state index >= 15 is 0 Å². The molecule has 5 nitrogen and oxygen atoms in total. The molecular weight excluding hydrogens is 268 g/mol. The minimum atomic E-state index is -0.955. The van der Waals surface area contributed by atoms with Crippen molar-refractivity contribution in [3.05, 3.63) is 35.4 Å². The van der Waals surface area contributed by atoms with Crippen molar-refractivity contribution in [3.63, 3.8) is 0 Å². The summed E-state index contributed by atoms with van der Waals surface area (Å²) < 4.78 is 0. The number of nitriles is 1. The number of amides is 1. The van der Waals surface area contributed by atoms with Gasteiger partial charge in [0.1, 0.15) is 0 Å². The molecule has 0 saturated carbocycles. The van der Waals surface area contributed by atoms with Gasteiger partial charge in [0.25, 0.3) is 0 Å². The van der Waals surface area contributed by atoms with Gasteiger partial charge in [0, 0.05) is 13.0 Å². The number of likely N-dealkylation sites (tertiary alicyclic amines) is 1. The van der Waals surface area contributed by atoms with Gasteiger partial charge in [-0.2, -0.15) is 5.26 Å². The van der Waals surface area contributed by atoms with Crippen LogP contribution < -0.4 is 0 Å². The number of nitrogens with zero attached hydrogens (tertiary/aromatic N) is 2. The van der Waals surface area contributed by atoms with Gasteiger partial charge in [-0.05, 0) is 23.6 Å². The zero-order valence-corrected chi connectivity index (χ0v) is 12.1. The first-order valence-corrected chi connectivity index (χ1v) is 6.96. The van der Waals surface area contributed by atoms with Crippen LogP contribution in [-0.2, 0) is 9.59 Å². The molecule has 5 heteroatoms. The Kier molecular flexibility index (Phi) is 4.27. The highest BCUT2D eigenvalue weighted by Crippen LogP contribution is 2.38. The molecule has 1 aromatic carbocycles. The highest BCUT2D eigenvalue weighted by Gasteiger charge is 2.44. The second-order valence-electron chi connectivity index (χ2n) is 5.77. The maximum Gasteiger partial charge on any atom is 0.309 e. The molecule has 0 bridgehead atoms. The standard InChI is InChI=1S/C16H18N2O3/c1-10(2)9-18-14(19)7-13(16(20)21)15(18)12-5-3-11(8-17)4-6-12/h3-6,10,13,15H,7,9H2,1-2H3,(H,20,21). The number of carboxylic acids is 1. The summed E-state index contributed by atoms with van der Waals surface area (Å²) in [6.07, 6.45) is 0.0344. The number of carbonyl (C=O) groups is 2. The SMILES string of the molecule is CC(C)CN1C(=O)CC(C(=O)O)C1c1ccc(C#N)cc1. The van der Waals surface area contributed by atoms with Gasteiger partial charge in [0.05, 0.1) is 23.6 Å². The Morgan fingerprint density at radius 2 is 2.05 bits per heavy atom. The Labute approximate surface area is 123 Å². The molecule has 2 rings (SSSR count). The van der Waals surface area contributed by atoms with E-state index in [4.69, 9.17) is 5.26 Å². The van der Waals surface area contributed by atoms with E-state index in [1.165, 1.54) is 0 Å². The zero-order valence-electron chi connectivity index (χ0n) is 12.1. The topological polar surface area (TPSA) is 81.4 Å². The van der Waals surface area contributed by atoms with Crippen LogP contribution in [-0.4, -0.2) is 28.4 Å². The van der Waals surface area contributed by atoms with Gasteiger partial charge in [-0.1, -0.05) is 26.0 Å². The van der Waals surface area contributed by atoms with E-state index in [1.807, 2.05) is 19.9 Å². The number of carbonyl (C=O) groups excluding carboxylic acids is 1. The van der Waals surface area contributed by atoms with Crippen molar-refractivity contribution in [2.24, 2.45) is 11.8 Å². The summed E-state index contributed by atoms with van der Waals surface area (Å²) in [4.78, 5) is 25.3. The summed E-state index contributed by atoms with van der Waals surface area (Å²) in [5.74, 6) is -1.54. The molecule has 1 fully saturated rings. The first-order chi connectivity index (χ1) is 9.93. The predicted octanol–water partition coefficient (Wildman–Crippen LogP) is 2.19. The van der Waals surface area contributed by atoms with Crippen LogP contribution in [0.3, 0.4) is 0 Å². The molecule has 1 aliphatic heterocycles. The second kappa shape index (κ2) is 5.96. The number of hydrogen-bond acceptors (Lipinski definition) is 3. The lowest BCUT2D eigenvalue weighted by Gasteiger charge is -2.28. The molecule has 1 saturated heterocycles. The number of benzene rings is 1. The summed E-state index contributed by atoms with van der Waals surface area (Å²) >= 11 is 0. The normalized spacial score (nSPS) is 21.6. The molecule has 0 aliphatic carbocycles. The Morgan fingerprint density at radius 3 is 2.52 bits per heavy atom. The fraction of sp³-hybridized carbons (Fsp3) is 0.438. The van der Waals surface area contributed by atoms with Gasteiger partial charge < -0.3 is 10.0 Å². The van der Waals surface area contributed by atoms with Crippen LogP contribution in [0.5, 0.6) is 0 Å². The number of rotatable bonds is 4. The van der Waals surface area contributed by atoms with E-state index < -0.39 is 17.9 Å². The Morgan fingerprint density at radius 1 is 1.43 bits per heavy atom. The fourth-order valence-corrected chi connectivity index (χ4v) is 2.79. The average Bonchev–Trinajstić information content (AvgIpc) is 2.76. The van der Waals surface area contributed by atoms with Crippen LogP contribution in [0, 0.1) is 23.2 Å². The Bertz CT molecular complexity index is 587. The lowest BCUT2D eigenvalue weighted by atomic mass is 9.93. The van der Waals surface area contributed by atoms with Crippen molar-refractivity contribution in [1.82, 2.24) is 4.90 Å². The third-order valence-corrected chi connectivity index (χ3v) is 3.69. The van der Waals surface area contributed by atoms with Gasteiger partial charge in [-0.15, -0.1) is 0 Å². The highest BCUT2D eigenvalue weighted by atomic mass is 16.4. The van der Waals surface area contributed by atoms with E-state index in [2.05, 4.69) is 0 Å². The molecule has 0 radical (unpaired) electrons. The van der Waals surface area contributed by atoms with Gasteiger partial charge in [-0.3, -0.25) is 9.59 Å². The molecule has 1 aromatic rings. The molecule has 0 spiro atoms. The van der Waals surface area contributed by atoms with Crippen LogP contribution >= 0.6 is 0 Å². The van der Waals surface area contributed by atoms with E-state index in [0.29, 0.717) is 12.1 Å². The predicted molar refractivity (Wildman–Crippen MR) is 76.2 cm³/mol. The molecule has 1 aliphatic rings. The monoisotopic (exact) mass is 286 g/mol. The van der Waals surface area contributed by atoms with Crippen molar-refractivity contribution in [2.75, 3.05) is 6.54 Å². The van der Waals surface area contributed by atoms with Gasteiger partial charge in [-0.25, -0.2) is 0 Å². The lowest BCUT2D eigenvalue weighted by Crippen LogP contribution is -2.33. The van der Waals surface area contributed by atoms with Crippen molar-refractivity contribution in [1.29, 1.82) is 5.26 Å². The van der Waals surface area contributed by atoms with Gasteiger partial charge in [0.15, 0.2) is 0 Å². The number of aliphatic carboxylic acids is 1. The summed E-state index contributed by atoms with van der Waals surface area (Å²) in [5.41, 5.74) is 1.29. The third-order valence-electron chi connectivity index (χ3n) is 3.69. The molecule has 2 atom stereocenters. The van der Waals surface area contributed by atoms with Gasteiger partial charge in [0.2, 0.25) is 5.91 Å². The van der Waals surface area contributed by atoms with Crippen LogP contribution in [0.2, 0.25) is 0 Å². The second-order valence-corrected chi connectivity index (χ2v) is 5.77. The van der Waals surface area contributed by atoms with Crippen molar-refractivity contribution in [2.45, 2.75) is 26.3 Å². The Hall–Kier alpha value is -2.35. The molecule has 1 heterocycles. The lowest BCUT2D eigenvalue weighted by molar-refractivity contribution is -0.142. The van der Waals surface area contributed by atoms with Crippen molar-refractivity contribution in [3.8, 4) is 6.07 Å². The maximum atomic E-state index is 12.1. The summed E-state index contributed by atoms with van der Waals surface area (Å²) in [6, 6.07) is 8.38. The largest absolute Gasteiger partial charge is 0.481 e. The number of carboxylic acid groups (broad SMARTS) is 1. The first-order valence-electron chi connectivity index (χ1n) is 6.96. The van der Waals surface area contributed by atoms with Crippen LogP contribution in [0.4, 0.5) is 0 Å². The first kappa shape index (κ1) is 15.0. The van der Waals surface area contributed by atoms with Crippen molar-refractivity contribution >= 4 is 11.9 Å². The molecule has 0 aromatic heterocycles. The van der Waals surface area contributed by atoms with Crippen LogP contribution in [0.25, 0.3) is 0 Å².